The molecule has 4 rings (SSSR count). The number of phenolic OH excluding ortho intramolecular Hbond substituents is 1. The van der Waals surface area contributed by atoms with E-state index < -0.39 is 0 Å². The van der Waals surface area contributed by atoms with Gasteiger partial charge in [-0.1, -0.05) is 6.07 Å². The quantitative estimate of drug-likeness (QED) is 0.709. The van der Waals surface area contributed by atoms with Gasteiger partial charge in [0.25, 0.3) is 0 Å². The van der Waals surface area contributed by atoms with Gasteiger partial charge >= 0.3 is 0 Å². The molecule has 0 bridgehead atoms. The molecule has 0 fully saturated rings. The van der Waals surface area contributed by atoms with Gasteiger partial charge in [-0.2, -0.15) is 0 Å². The lowest BCUT2D eigenvalue weighted by Crippen LogP contribution is -2.13. The zero-order valence-electron chi connectivity index (χ0n) is 13.2. The molecule has 120 valence electrons. The first-order valence-corrected chi connectivity index (χ1v) is 7.74. The van der Waals surface area contributed by atoms with Crippen molar-refractivity contribution in [3.8, 4) is 11.5 Å². The highest BCUT2D eigenvalue weighted by atomic mass is 16.5. The highest BCUT2D eigenvalue weighted by molar-refractivity contribution is 6.14. The number of rotatable bonds is 2. The van der Waals surface area contributed by atoms with Crippen molar-refractivity contribution in [1.82, 2.24) is 9.97 Å². The summed E-state index contributed by atoms with van der Waals surface area (Å²) in [6.07, 6.45) is 6.85. The van der Waals surface area contributed by atoms with Crippen LogP contribution in [0.3, 0.4) is 0 Å². The lowest BCUT2D eigenvalue weighted by atomic mass is 9.89. The van der Waals surface area contributed by atoms with Crippen molar-refractivity contribution in [1.29, 1.82) is 0 Å². The number of aromatic amines is 1. The van der Waals surface area contributed by atoms with E-state index in [9.17, 15) is 9.90 Å². The largest absolute Gasteiger partial charge is 0.504 e. The van der Waals surface area contributed by atoms with Crippen molar-refractivity contribution >= 4 is 22.8 Å². The van der Waals surface area contributed by atoms with Crippen LogP contribution in [0.1, 0.15) is 28.0 Å². The van der Waals surface area contributed by atoms with Gasteiger partial charge in [-0.25, -0.2) is 0 Å². The third-order valence-corrected chi connectivity index (χ3v) is 4.42. The van der Waals surface area contributed by atoms with E-state index in [4.69, 9.17) is 4.74 Å². The molecule has 0 saturated heterocycles. The standard InChI is InChI=1S/C19H16N2O3/c1-24-17-9-11(2-5-16(17)22)8-12-3-4-13-14-10-20-7-6-15(14)21-18(13)19(12)23/h2,5-10,21-22H,3-4H2,1H3/b12-8+. The molecule has 5 heteroatoms. The number of fused-ring (bicyclic) bond motifs is 3. The number of Topliss-reactive ketones (excluding diaryl/α,β-unsaturated/α-hetero) is 1. The minimum Gasteiger partial charge on any atom is -0.504 e. The molecule has 1 aliphatic carbocycles. The molecule has 0 atom stereocenters. The van der Waals surface area contributed by atoms with E-state index in [2.05, 4.69) is 9.97 Å². The number of phenols is 1. The van der Waals surface area contributed by atoms with Crippen LogP contribution >= 0.6 is 0 Å². The van der Waals surface area contributed by atoms with Gasteiger partial charge < -0.3 is 14.8 Å². The number of nitrogens with zero attached hydrogens (tertiary/aromatic N) is 1. The highest BCUT2D eigenvalue weighted by Crippen LogP contribution is 2.33. The Morgan fingerprint density at radius 1 is 1.29 bits per heavy atom. The zero-order chi connectivity index (χ0) is 16.7. The Morgan fingerprint density at radius 3 is 3.00 bits per heavy atom. The number of hydrogen-bond donors (Lipinski definition) is 2. The number of carbonyl (C=O) groups is 1. The Kier molecular flexibility index (Phi) is 3.34. The van der Waals surface area contributed by atoms with Gasteiger partial charge in [0, 0.05) is 28.9 Å². The lowest BCUT2D eigenvalue weighted by molar-refractivity contribution is 0.102. The minimum absolute atomic E-state index is 0.0134. The molecule has 5 nitrogen and oxygen atoms in total. The first-order chi connectivity index (χ1) is 11.7. The van der Waals surface area contributed by atoms with Crippen molar-refractivity contribution in [3.05, 3.63) is 59.1 Å². The summed E-state index contributed by atoms with van der Waals surface area (Å²) in [7, 11) is 1.50. The second kappa shape index (κ2) is 5.53. The maximum Gasteiger partial charge on any atom is 0.205 e. The Morgan fingerprint density at radius 2 is 2.17 bits per heavy atom. The Balaban J connectivity index is 1.75. The molecule has 24 heavy (non-hydrogen) atoms. The van der Waals surface area contributed by atoms with Gasteiger partial charge in [0.15, 0.2) is 11.5 Å². The van der Waals surface area contributed by atoms with E-state index in [-0.39, 0.29) is 11.5 Å². The summed E-state index contributed by atoms with van der Waals surface area (Å²) in [4.78, 5) is 20.2. The first kappa shape index (κ1) is 14.5. The van der Waals surface area contributed by atoms with Crippen molar-refractivity contribution in [3.63, 3.8) is 0 Å². The van der Waals surface area contributed by atoms with Crippen molar-refractivity contribution in [2.45, 2.75) is 12.8 Å². The number of pyridine rings is 1. The van der Waals surface area contributed by atoms with Crippen LogP contribution in [0.4, 0.5) is 0 Å². The normalized spacial score (nSPS) is 15.7. The summed E-state index contributed by atoms with van der Waals surface area (Å²) in [5, 5.41) is 10.7. The average Bonchev–Trinajstić information content (AvgIpc) is 2.98. The predicted molar refractivity (Wildman–Crippen MR) is 91.4 cm³/mol. The smallest absolute Gasteiger partial charge is 0.205 e. The molecule has 0 amide bonds. The predicted octanol–water partition coefficient (Wildman–Crippen LogP) is 3.49. The van der Waals surface area contributed by atoms with Crippen molar-refractivity contribution in [2.75, 3.05) is 7.11 Å². The molecule has 0 radical (unpaired) electrons. The van der Waals surface area contributed by atoms with Gasteiger partial charge in [0.1, 0.15) is 0 Å². The number of ketones is 1. The Bertz CT molecular complexity index is 985. The lowest BCUT2D eigenvalue weighted by Gasteiger charge is -2.14. The number of benzene rings is 1. The molecule has 2 aromatic heterocycles. The van der Waals surface area contributed by atoms with Crippen LogP contribution < -0.4 is 4.74 Å². The molecule has 0 aliphatic heterocycles. The summed E-state index contributed by atoms with van der Waals surface area (Å²) in [5.74, 6) is 0.490. The van der Waals surface area contributed by atoms with E-state index >= 15 is 0 Å². The molecule has 1 aromatic carbocycles. The fraction of sp³-hybridized carbons (Fsp3) is 0.158. The zero-order valence-corrected chi connectivity index (χ0v) is 13.2. The van der Waals surface area contributed by atoms with Crippen molar-refractivity contribution in [2.24, 2.45) is 0 Å². The van der Waals surface area contributed by atoms with Crippen LogP contribution in [0.25, 0.3) is 17.0 Å². The van der Waals surface area contributed by atoms with Crippen LogP contribution in [-0.2, 0) is 6.42 Å². The van der Waals surface area contributed by atoms with E-state index in [1.807, 2.05) is 12.1 Å². The summed E-state index contributed by atoms with van der Waals surface area (Å²) >= 11 is 0. The molecule has 3 aromatic rings. The van der Waals surface area contributed by atoms with E-state index in [1.54, 1.807) is 30.6 Å². The second-order valence-electron chi connectivity index (χ2n) is 5.83. The van der Waals surface area contributed by atoms with Crippen LogP contribution in [-0.4, -0.2) is 28.0 Å². The average molecular weight is 320 g/mol. The highest BCUT2D eigenvalue weighted by Gasteiger charge is 2.25. The molecule has 0 unspecified atom stereocenters. The number of carbonyl (C=O) groups excluding carboxylic acids is 1. The summed E-state index contributed by atoms with van der Waals surface area (Å²) < 4.78 is 5.12. The summed E-state index contributed by atoms with van der Waals surface area (Å²) in [6, 6.07) is 6.94. The Hall–Kier alpha value is -3.08. The van der Waals surface area contributed by atoms with E-state index in [0.29, 0.717) is 17.9 Å². The van der Waals surface area contributed by atoms with E-state index in [0.717, 1.165) is 34.0 Å². The molecular formula is C19H16N2O3. The molecule has 2 heterocycles. The van der Waals surface area contributed by atoms with Gasteiger partial charge in [0.05, 0.1) is 12.8 Å². The molecular weight excluding hydrogens is 304 g/mol. The van der Waals surface area contributed by atoms with Gasteiger partial charge in [0.2, 0.25) is 5.78 Å². The number of aryl methyl sites for hydroxylation is 1. The van der Waals surface area contributed by atoms with Gasteiger partial charge in [-0.15, -0.1) is 0 Å². The number of methoxy groups -OCH3 is 1. The molecule has 2 N–H and O–H groups in total. The SMILES string of the molecule is COc1cc(/C=C2\CCc3c([nH]c4ccncc34)C2=O)ccc1O. The molecule has 1 aliphatic rings. The monoisotopic (exact) mass is 320 g/mol. The maximum absolute atomic E-state index is 12.8. The Labute approximate surface area is 138 Å². The molecule has 0 spiro atoms. The maximum atomic E-state index is 12.8. The van der Waals surface area contributed by atoms with Crippen LogP contribution in [0.5, 0.6) is 11.5 Å². The van der Waals surface area contributed by atoms with Crippen LogP contribution in [0, 0.1) is 0 Å². The van der Waals surface area contributed by atoms with Crippen LogP contribution in [0.15, 0.2) is 42.2 Å². The second-order valence-corrected chi connectivity index (χ2v) is 5.83. The molecule has 0 saturated carbocycles. The number of hydrogen-bond acceptors (Lipinski definition) is 4. The number of nitrogens with one attached hydrogen (secondary N) is 1. The number of aromatic hydroxyl groups is 1. The third kappa shape index (κ3) is 2.25. The number of allylic oxidation sites excluding steroid dienone is 1. The summed E-state index contributed by atoms with van der Waals surface area (Å²) in [6.45, 7) is 0. The van der Waals surface area contributed by atoms with Gasteiger partial charge in [-0.3, -0.25) is 9.78 Å². The fourth-order valence-electron chi connectivity index (χ4n) is 3.20. The van der Waals surface area contributed by atoms with Crippen molar-refractivity contribution < 1.29 is 14.6 Å². The number of aromatic nitrogens is 2. The number of ether oxygens (including phenoxy) is 1. The third-order valence-electron chi connectivity index (χ3n) is 4.42. The number of H-pyrrole nitrogens is 1. The van der Waals surface area contributed by atoms with Crippen LogP contribution in [0.2, 0.25) is 0 Å². The fourth-order valence-corrected chi connectivity index (χ4v) is 3.20. The minimum atomic E-state index is 0.0134. The topological polar surface area (TPSA) is 75.2 Å². The summed E-state index contributed by atoms with van der Waals surface area (Å²) in [5.41, 5.74) is 4.21. The van der Waals surface area contributed by atoms with E-state index in [1.165, 1.54) is 7.11 Å². The first-order valence-electron chi connectivity index (χ1n) is 7.74. The van der Waals surface area contributed by atoms with Gasteiger partial charge in [-0.05, 0) is 48.2 Å².